The molecule has 2 heterocycles. The standard InChI is InChI=1S/C45H29N3O/c1-4-16-30(17-5-1)33-22-10-11-23-34(33)36-28-29-40-43(38-26-14-15-27-39(38)49-40)42(36)35-24-12-13-25-37(35)45-41(31-18-6-2-7-19-31)44(46-48-47-45)32-20-8-3-9-21-32/h1-29H. The van der Waals surface area contributed by atoms with Gasteiger partial charge < -0.3 is 4.42 Å². The van der Waals surface area contributed by atoms with E-state index < -0.39 is 0 Å². The second-order valence-electron chi connectivity index (χ2n) is 12.0. The van der Waals surface area contributed by atoms with Crippen molar-refractivity contribution in [2.75, 3.05) is 0 Å². The number of rotatable bonds is 6. The fourth-order valence-electron chi connectivity index (χ4n) is 7.00. The summed E-state index contributed by atoms with van der Waals surface area (Å²) in [5.74, 6) is 0. The van der Waals surface area contributed by atoms with Crippen LogP contribution in [0.1, 0.15) is 0 Å². The third-order valence-electron chi connectivity index (χ3n) is 9.17. The Morgan fingerprint density at radius 1 is 0.327 bits per heavy atom. The number of benzene rings is 7. The zero-order chi connectivity index (χ0) is 32.6. The first-order valence-electron chi connectivity index (χ1n) is 16.4. The molecule has 0 fully saturated rings. The molecule has 9 aromatic rings. The highest BCUT2D eigenvalue weighted by Crippen LogP contribution is 2.48. The molecular formula is C45H29N3O. The SMILES string of the molecule is c1ccc(-c2ccccc2-c2ccc3oc4ccccc4c3c2-c2ccccc2-c2nnnc(-c3ccccc3)c2-c2ccccc2)cc1. The van der Waals surface area contributed by atoms with E-state index >= 15 is 0 Å². The van der Waals surface area contributed by atoms with Crippen molar-refractivity contribution in [2.24, 2.45) is 0 Å². The monoisotopic (exact) mass is 627 g/mol. The molecule has 0 atom stereocenters. The molecule has 2 aromatic heterocycles. The Morgan fingerprint density at radius 2 is 0.878 bits per heavy atom. The highest BCUT2D eigenvalue weighted by molar-refractivity contribution is 6.18. The van der Waals surface area contributed by atoms with Crippen LogP contribution in [-0.2, 0) is 0 Å². The molecule has 0 saturated carbocycles. The lowest BCUT2D eigenvalue weighted by Crippen LogP contribution is -2.01. The fraction of sp³-hybridized carbons (Fsp3) is 0. The molecule has 0 aliphatic rings. The minimum atomic E-state index is 0.766. The summed E-state index contributed by atoms with van der Waals surface area (Å²) < 4.78 is 6.50. The van der Waals surface area contributed by atoms with E-state index in [1.165, 1.54) is 0 Å². The molecule has 0 saturated heterocycles. The van der Waals surface area contributed by atoms with Crippen LogP contribution in [0.15, 0.2) is 180 Å². The summed E-state index contributed by atoms with van der Waals surface area (Å²) in [6, 6.07) is 60.9. The maximum Gasteiger partial charge on any atom is 0.136 e. The van der Waals surface area contributed by atoms with Gasteiger partial charge in [0.1, 0.15) is 22.6 Å². The molecule has 4 nitrogen and oxygen atoms in total. The highest BCUT2D eigenvalue weighted by atomic mass is 16.3. The summed E-state index contributed by atoms with van der Waals surface area (Å²) in [6.07, 6.45) is 0. The minimum Gasteiger partial charge on any atom is -0.456 e. The second-order valence-corrected chi connectivity index (χ2v) is 12.0. The Labute approximate surface area is 284 Å². The van der Waals surface area contributed by atoms with E-state index in [4.69, 9.17) is 9.52 Å². The van der Waals surface area contributed by atoms with Gasteiger partial charge in [0.25, 0.3) is 0 Å². The molecule has 7 aromatic carbocycles. The Hall–Kier alpha value is -6.65. The maximum atomic E-state index is 6.50. The summed E-state index contributed by atoms with van der Waals surface area (Å²) in [7, 11) is 0. The van der Waals surface area contributed by atoms with Gasteiger partial charge in [-0.15, -0.1) is 10.2 Å². The van der Waals surface area contributed by atoms with E-state index in [0.29, 0.717) is 0 Å². The van der Waals surface area contributed by atoms with E-state index in [0.717, 1.165) is 89.0 Å². The van der Waals surface area contributed by atoms with Gasteiger partial charge in [-0.2, -0.15) is 0 Å². The first-order chi connectivity index (χ1) is 24.3. The largest absolute Gasteiger partial charge is 0.456 e. The summed E-state index contributed by atoms with van der Waals surface area (Å²) in [6.45, 7) is 0. The molecule has 4 heteroatoms. The summed E-state index contributed by atoms with van der Waals surface area (Å²) in [4.78, 5) is 0. The van der Waals surface area contributed by atoms with Crippen LogP contribution in [-0.4, -0.2) is 15.4 Å². The van der Waals surface area contributed by atoms with Gasteiger partial charge >= 0.3 is 0 Å². The van der Waals surface area contributed by atoms with Crippen molar-refractivity contribution in [2.45, 2.75) is 0 Å². The number of nitrogens with zero attached hydrogens (tertiary/aromatic N) is 3. The lowest BCUT2D eigenvalue weighted by atomic mass is 9.84. The third kappa shape index (κ3) is 4.98. The van der Waals surface area contributed by atoms with Crippen LogP contribution in [0.4, 0.5) is 0 Å². The number of hydrogen-bond acceptors (Lipinski definition) is 4. The van der Waals surface area contributed by atoms with Gasteiger partial charge in [0.05, 0.1) is 0 Å². The smallest absolute Gasteiger partial charge is 0.136 e. The van der Waals surface area contributed by atoms with Crippen molar-refractivity contribution < 1.29 is 4.42 Å². The molecule has 0 bridgehead atoms. The molecule has 0 N–H and O–H groups in total. The topological polar surface area (TPSA) is 51.8 Å². The van der Waals surface area contributed by atoms with Crippen molar-refractivity contribution in [1.82, 2.24) is 15.4 Å². The summed E-state index contributed by atoms with van der Waals surface area (Å²) >= 11 is 0. The van der Waals surface area contributed by atoms with Crippen molar-refractivity contribution in [3.63, 3.8) is 0 Å². The number of hydrogen-bond donors (Lipinski definition) is 0. The van der Waals surface area contributed by atoms with Gasteiger partial charge in [0, 0.05) is 33.0 Å². The Balaban J connectivity index is 1.39. The van der Waals surface area contributed by atoms with Crippen LogP contribution in [0.3, 0.4) is 0 Å². The molecule has 9 rings (SSSR count). The van der Waals surface area contributed by atoms with Gasteiger partial charge in [-0.3, -0.25) is 0 Å². The first kappa shape index (κ1) is 28.6. The minimum absolute atomic E-state index is 0.766. The average Bonchev–Trinajstić information content (AvgIpc) is 3.57. The van der Waals surface area contributed by atoms with Crippen LogP contribution >= 0.6 is 0 Å². The van der Waals surface area contributed by atoms with E-state index in [2.05, 4.69) is 150 Å². The van der Waals surface area contributed by atoms with E-state index in [9.17, 15) is 0 Å². The van der Waals surface area contributed by atoms with Crippen molar-refractivity contribution >= 4 is 21.9 Å². The summed E-state index contributed by atoms with van der Waals surface area (Å²) in [5, 5.41) is 15.9. The van der Waals surface area contributed by atoms with Crippen molar-refractivity contribution in [3.8, 4) is 67.0 Å². The lowest BCUT2D eigenvalue weighted by Gasteiger charge is -2.19. The first-order valence-corrected chi connectivity index (χ1v) is 16.4. The quantitative estimate of drug-likeness (QED) is 0.184. The maximum absolute atomic E-state index is 6.50. The average molecular weight is 628 g/mol. The van der Waals surface area contributed by atoms with Crippen LogP contribution in [0.2, 0.25) is 0 Å². The Bertz CT molecular complexity index is 2590. The fourth-order valence-corrected chi connectivity index (χ4v) is 7.00. The predicted octanol–water partition coefficient (Wildman–Crippen LogP) is 11.8. The number of furan rings is 1. The van der Waals surface area contributed by atoms with Gasteiger partial charge in [0.15, 0.2) is 0 Å². The predicted molar refractivity (Wildman–Crippen MR) is 200 cm³/mol. The molecule has 0 unspecified atom stereocenters. The van der Waals surface area contributed by atoms with Gasteiger partial charge in [-0.05, 0) is 56.8 Å². The molecule has 0 radical (unpaired) electrons. The lowest BCUT2D eigenvalue weighted by molar-refractivity contribution is 0.669. The Kier molecular flexibility index (Phi) is 7.10. The van der Waals surface area contributed by atoms with Crippen molar-refractivity contribution in [3.05, 3.63) is 176 Å². The second kappa shape index (κ2) is 12.2. The van der Waals surface area contributed by atoms with Crippen LogP contribution < -0.4 is 0 Å². The Morgan fingerprint density at radius 3 is 1.61 bits per heavy atom. The molecule has 0 aliphatic carbocycles. The van der Waals surface area contributed by atoms with E-state index in [-0.39, 0.29) is 0 Å². The molecule has 230 valence electrons. The highest BCUT2D eigenvalue weighted by Gasteiger charge is 2.25. The van der Waals surface area contributed by atoms with Gasteiger partial charge in [0.2, 0.25) is 0 Å². The van der Waals surface area contributed by atoms with Crippen LogP contribution in [0.25, 0.3) is 89.0 Å². The number of para-hydroxylation sites is 1. The molecular weight excluding hydrogens is 599 g/mol. The van der Waals surface area contributed by atoms with Crippen LogP contribution in [0, 0.1) is 0 Å². The van der Waals surface area contributed by atoms with Crippen LogP contribution in [0.5, 0.6) is 0 Å². The number of fused-ring (bicyclic) bond motifs is 3. The third-order valence-corrected chi connectivity index (χ3v) is 9.17. The van der Waals surface area contributed by atoms with Gasteiger partial charge in [-0.1, -0.05) is 158 Å². The molecule has 0 spiro atoms. The molecule has 49 heavy (non-hydrogen) atoms. The van der Waals surface area contributed by atoms with Crippen molar-refractivity contribution in [1.29, 1.82) is 0 Å². The molecule has 0 amide bonds. The number of aromatic nitrogens is 3. The normalized spacial score (nSPS) is 11.3. The molecule has 0 aliphatic heterocycles. The van der Waals surface area contributed by atoms with E-state index in [1.54, 1.807) is 0 Å². The zero-order valence-corrected chi connectivity index (χ0v) is 26.5. The zero-order valence-electron chi connectivity index (χ0n) is 26.5. The summed E-state index contributed by atoms with van der Waals surface area (Å²) in [5.41, 5.74) is 13.8. The van der Waals surface area contributed by atoms with E-state index in [1.807, 2.05) is 36.4 Å². The van der Waals surface area contributed by atoms with Gasteiger partial charge in [-0.25, -0.2) is 0 Å².